The zero-order valence-electron chi connectivity index (χ0n) is 20.3. The summed E-state index contributed by atoms with van der Waals surface area (Å²) < 4.78 is 15.8. The molecule has 176 valence electrons. The number of thiophene rings is 1. The van der Waals surface area contributed by atoms with E-state index in [9.17, 15) is 0 Å². The van der Waals surface area contributed by atoms with Gasteiger partial charge in [-0.3, -0.25) is 0 Å². The number of hydrogen-bond donors (Lipinski definition) is 0. The van der Waals surface area contributed by atoms with Crippen LogP contribution in [0, 0.1) is 29.6 Å². The number of ether oxygens (including phenoxy) is 2. The van der Waals surface area contributed by atoms with E-state index in [-0.39, 0.29) is 16.6 Å². The van der Waals surface area contributed by atoms with E-state index in [1.165, 1.54) is 62.8 Å². The monoisotopic (exact) mass is 471 g/mol. The van der Waals surface area contributed by atoms with Gasteiger partial charge in [0.15, 0.2) is 14.3 Å². The van der Waals surface area contributed by atoms with E-state index >= 15 is 0 Å². The molecule has 0 N–H and O–H groups in total. The van der Waals surface area contributed by atoms with Crippen LogP contribution in [-0.4, -0.2) is 19.0 Å². The number of allylic oxidation sites excluding steroid dienone is 2. The highest BCUT2D eigenvalue weighted by Gasteiger charge is 2.48. The second kappa shape index (κ2) is 8.33. The third-order valence-corrected chi connectivity index (χ3v) is 11.4. The third kappa shape index (κ3) is 3.43. The molecule has 2 nitrogen and oxygen atoms in total. The molecule has 5 aliphatic rings. The molecule has 0 amide bonds. The van der Waals surface area contributed by atoms with Gasteiger partial charge < -0.3 is 9.47 Å². The van der Waals surface area contributed by atoms with Crippen molar-refractivity contribution in [2.45, 2.75) is 58.2 Å². The molecule has 34 heavy (non-hydrogen) atoms. The summed E-state index contributed by atoms with van der Waals surface area (Å²) in [5.74, 6) is 3.89. The molecule has 4 fully saturated rings. The SMILES string of the molecule is CC1=CC([s+]2c3ccccc3c3ccccc32)=CC(C)C1OCOC1C2CC3CC(C2)CC1C3. The van der Waals surface area contributed by atoms with Crippen molar-refractivity contribution in [2.75, 3.05) is 6.79 Å². The Balaban J connectivity index is 1.10. The first-order chi connectivity index (χ1) is 16.7. The predicted molar refractivity (Wildman–Crippen MR) is 143 cm³/mol. The Labute approximate surface area is 205 Å². The molecule has 0 radical (unpaired) electrons. The maximum Gasteiger partial charge on any atom is 0.187 e. The Bertz CT molecular complexity index is 1220. The van der Waals surface area contributed by atoms with E-state index in [1.54, 1.807) is 0 Å². The number of hydrogen-bond acceptors (Lipinski definition) is 2. The molecular formula is C31H35O2S+. The molecule has 2 atom stereocenters. The topological polar surface area (TPSA) is 18.5 Å². The molecule has 2 aromatic carbocycles. The quantitative estimate of drug-likeness (QED) is 0.275. The largest absolute Gasteiger partial charge is 0.352 e. The zero-order valence-corrected chi connectivity index (χ0v) is 21.1. The smallest absolute Gasteiger partial charge is 0.187 e. The van der Waals surface area contributed by atoms with Gasteiger partial charge in [-0.1, -0.05) is 31.2 Å². The van der Waals surface area contributed by atoms with E-state index in [0.29, 0.717) is 18.8 Å². The number of rotatable bonds is 5. The summed E-state index contributed by atoms with van der Waals surface area (Å²) in [5, 5.41) is 2.78. The molecule has 8 rings (SSSR count). The van der Waals surface area contributed by atoms with Gasteiger partial charge in [-0.05, 0) is 105 Å². The van der Waals surface area contributed by atoms with Gasteiger partial charge in [0, 0.05) is 27.2 Å². The lowest BCUT2D eigenvalue weighted by atomic mass is 9.55. The molecule has 0 aliphatic heterocycles. The normalized spacial score (nSPS) is 34.6. The lowest BCUT2D eigenvalue weighted by Crippen LogP contribution is -2.49. The minimum Gasteiger partial charge on any atom is -0.352 e. The molecule has 3 heteroatoms. The second-order valence-corrected chi connectivity index (χ2v) is 13.3. The van der Waals surface area contributed by atoms with Crippen LogP contribution in [0.15, 0.2) is 66.3 Å². The van der Waals surface area contributed by atoms with Crippen molar-refractivity contribution in [3.05, 3.63) is 66.3 Å². The van der Waals surface area contributed by atoms with E-state index in [2.05, 4.69) is 74.5 Å². The lowest BCUT2D eigenvalue weighted by molar-refractivity contribution is -0.186. The van der Waals surface area contributed by atoms with Gasteiger partial charge in [-0.25, -0.2) is 0 Å². The average molecular weight is 472 g/mol. The fraction of sp³-hybridized carbons (Fsp3) is 0.484. The van der Waals surface area contributed by atoms with Gasteiger partial charge in [0.25, 0.3) is 0 Å². The molecule has 1 aromatic heterocycles. The molecular weight excluding hydrogens is 436 g/mol. The number of fused-ring (bicyclic) bond motifs is 3. The zero-order chi connectivity index (χ0) is 22.8. The Hall–Kier alpha value is -1.94. The standard InChI is InChI=1S/C31H35O2S/c1-19-11-25(34-28-9-5-3-7-26(28)27-8-4-6-10-29(27)34)12-20(2)30(19)32-18-33-31-23-14-21-13-22(16-23)17-24(31)15-21/h3-12,19,21-24,30-31H,13-18H2,1-2H3/q+1. The van der Waals surface area contributed by atoms with Gasteiger partial charge in [0.2, 0.25) is 0 Å². The molecule has 0 saturated heterocycles. The van der Waals surface area contributed by atoms with Crippen LogP contribution in [0.5, 0.6) is 0 Å². The first-order valence-corrected chi connectivity index (χ1v) is 14.4. The van der Waals surface area contributed by atoms with Crippen molar-refractivity contribution in [3.63, 3.8) is 0 Å². The summed E-state index contributed by atoms with van der Waals surface area (Å²) in [6, 6.07) is 17.9. The maximum atomic E-state index is 6.47. The first-order valence-electron chi connectivity index (χ1n) is 13.2. The van der Waals surface area contributed by atoms with Crippen LogP contribution in [0.25, 0.3) is 25.1 Å². The molecule has 3 aromatic rings. The maximum absolute atomic E-state index is 6.47. The van der Waals surface area contributed by atoms with Crippen LogP contribution in [0.4, 0.5) is 0 Å². The van der Waals surface area contributed by atoms with Crippen LogP contribution in [0.2, 0.25) is 0 Å². The Morgan fingerprint density at radius 3 is 1.97 bits per heavy atom. The summed E-state index contributed by atoms with van der Waals surface area (Å²) in [7, 11) is -0.0341. The summed E-state index contributed by atoms with van der Waals surface area (Å²) in [5.41, 5.74) is 1.33. The van der Waals surface area contributed by atoms with Crippen molar-refractivity contribution >= 4 is 35.5 Å². The highest BCUT2D eigenvalue weighted by Crippen LogP contribution is 2.55. The van der Waals surface area contributed by atoms with Gasteiger partial charge in [-0.15, -0.1) is 0 Å². The van der Waals surface area contributed by atoms with Crippen LogP contribution >= 0.6 is 10.5 Å². The van der Waals surface area contributed by atoms with Crippen molar-refractivity contribution in [1.29, 1.82) is 0 Å². The predicted octanol–water partition coefficient (Wildman–Crippen LogP) is 8.36. The molecule has 5 aliphatic carbocycles. The molecule has 2 unspecified atom stereocenters. The highest BCUT2D eigenvalue weighted by atomic mass is 32.2. The van der Waals surface area contributed by atoms with Gasteiger partial charge in [-0.2, -0.15) is 0 Å². The highest BCUT2D eigenvalue weighted by molar-refractivity contribution is 7.54. The molecule has 4 saturated carbocycles. The minimum absolute atomic E-state index is 0.0341. The van der Waals surface area contributed by atoms with Gasteiger partial charge in [0.05, 0.1) is 12.2 Å². The molecule has 0 spiro atoms. The molecule has 1 heterocycles. The fourth-order valence-corrected chi connectivity index (χ4v) is 10.6. The van der Waals surface area contributed by atoms with Crippen molar-refractivity contribution in [2.24, 2.45) is 29.6 Å². The van der Waals surface area contributed by atoms with Crippen LogP contribution < -0.4 is 0 Å². The third-order valence-electron chi connectivity index (χ3n) is 9.11. The summed E-state index contributed by atoms with van der Waals surface area (Å²) in [6.45, 7) is 4.99. The van der Waals surface area contributed by atoms with E-state index in [4.69, 9.17) is 9.47 Å². The number of benzene rings is 2. The fourth-order valence-electron chi connectivity index (χ4n) is 7.97. The molecule has 4 bridgehead atoms. The van der Waals surface area contributed by atoms with Crippen LogP contribution in [-0.2, 0) is 9.47 Å². The summed E-state index contributed by atoms with van der Waals surface area (Å²) >= 11 is 0. The minimum atomic E-state index is -0.0341. The van der Waals surface area contributed by atoms with E-state index < -0.39 is 0 Å². The Kier molecular flexibility index (Phi) is 5.23. The first kappa shape index (κ1) is 21.4. The lowest BCUT2D eigenvalue weighted by Gasteiger charge is -2.53. The summed E-state index contributed by atoms with van der Waals surface area (Å²) in [4.78, 5) is 1.43. The average Bonchev–Trinajstić information content (AvgIpc) is 3.16. The van der Waals surface area contributed by atoms with Gasteiger partial charge in [0.1, 0.15) is 6.79 Å². The summed E-state index contributed by atoms with van der Waals surface area (Å²) in [6.07, 6.45) is 12.5. The van der Waals surface area contributed by atoms with Crippen molar-refractivity contribution in [3.8, 4) is 0 Å². The van der Waals surface area contributed by atoms with Crippen molar-refractivity contribution < 1.29 is 9.47 Å². The van der Waals surface area contributed by atoms with E-state index in [1.807, 2.05) is 0 Å². The van der Waals surface area contributed by atoms with Crippen molar-refractivity contribution in [1.82, 2.24) is 0 Å². The Morgan fingerprint density at radius 1 is 0.794 bits per heavy atom. The van der Waals surface area contributed by atoms with Crippen LogP contribution in [0.1, 0.15) is 46.0 Å². The van der Waals surface area contributed by atoms with Crippen LogP contribution in [0.3, 0.4) is 0 Å². The second-order valence-electron chi connectivity index (χ2n) is 11.4. The van der Waals surface area contributed by atoms with Gasteiger partial charge >= 0.3 is 0 Å². The van der Waals surface area contributed by atoms with E-state index in [0.717, 1.165) is 23.7 Å². The Morgan fingerprint density at radius 2 is 1.38 bits per heavy atom.